The summed E-state index contributed by atoms with van der Waals surface area (Å²) in [4.78, 5) is 20.3. The SMILES string of the molecule is O=C(NC1CCC(O)CC1)c1ccc(CSc2nc3ccccc3[nH]2)cc1. The summed E-state index contributed by atoms with van der Waals surface area (Å²) < 4.78 is 0. The molecule has 1 aliphatic rings. The Hall–Kier alpha value is -2.31. The zero-order valence-corrected chi connectivity index (χ0v) is 15.8. The lowest BCUT2D eigenvalue weighted by atomic mass is 9.93. The van der Waals surface area contributed by atoms with E-state index in [-0.39, 0.29) is 18.1 Å². The van der Waals surface area contributed by atoms with E-state index >= 15 is 0 Å². The smallest absolute Gasteiger partial charge is 0.251 e. The van der Waals surface area contributed by atoms with Gasteiger partial charge in [-0.05, 0) is 55.5 Å². The monoisotopic (exact) mass is 381 g/mol. The highest BCUT2D eigenvalue weighted by molar-refractivity contribution is 7.98. The third-order valence-corrected chi connectivity index (χ3v) is 5.94. The second-order valence-electron chi connectivity index (χ2n) is 7.02. The highest BCUT2D eigenvalue weighted by Gasteiger charge is 2.21. The number of benzene rings is 2. The van der Waals surface area contributed by atoms with Gasteiger partial charge < -0.3 is 15.4 Å². The lowest BCUT2D eigenvalue weighted by molar-refractivity contribution is 0.0867. The van der Waals surface area contributed by atoms with Gasteiger partial charge in [0, 0.05) is 17.4 Å². The summed E-state index contributed by atoms with van der Waals surface area (Å²) in [5.41, 5.74) is 3.85. The van der Waals surface area contributed by atoms with Crippen molar-refractivity contribution < 1.29 is 9.90 Å². The van der Waals surface area contributed by atoms with Gasteiger partial charge >= 0.3 is 0 Å². The molecule has 0 bridgehead atoms. The number of para-hydroxylation sites is 2. The Morgan fingerprint density at radius 3 is 2.59 bits per heavy atom. The number of imidazole rings is 1. The van der Waals surface area contributed by atoms with E-state index in [4.69, 9.17) is 0 Å². The predicted molar refractivity (Wildman–Crippen MR) is 108 cm³/mol. The number of thioether (sulfide) groups is 1. The number of hydrogen-bond donors (Lipinski definition) is 3. The van der Waals surface area contributed by atoms with E-state index in [0.29, 0.717) is 5.56 Å². The molecule has 140 valence electrons. The van der Waals surface area contributed by atoms with Crippen LogP contribution in [0, 0.1) is 0 Å². The Morgan fingerprint density at radius 1 is 1.11 bits per heavy atom. The van der Waals surface area contributed by atoms with E-state index in [9.17, 15) is 9.90 Å². The summed E-state index contributed by atoms with van der Waals surface area (Å²) in [5.74, 6) is 0.760. The van der Waals surface area contributed by atoms with Crippen molar-refractivity contribution in [1.82, 2.24) is 15.3 Å². The van der Waals surface area contributed by atoms with E-state index in [1.165, 1.54) is 0 Å². The number of aromatic nitrogens is 2. The van der Waals surface area contributed by atoms with E-state index in [1.54, 1.807) is 11.8 Å². The average molecular weight is 382 g/mol. The van der Waals surface area contributed by atoms with E-state index < -0.39 is 0 Å². The highest BCUT2D eigenvalue weighted by Crippen LogP contribution is 2.23. The number of aliphatic hydroxyl groups is 1. The van der Waals surface area contributed by atoms with Crippen LogP contribution in [0.25, 0.3) is 11.0 Å². The van der Waals surface area contributed by atoms with Crippen LogP contribution in [-0.2, 0) is 5.75 Å². The van der Waals surface area contributed by atoms with Crippen molar-refractivity contribution in [3.8, 4) is 0 Å². The van der Waals surface area contributed by atoms with Gasteiger partial charge in [-0.15, -0.1) is 0 Å². The minimum atomic E-state index is -0.207. The van der Waals surface area contributed by atoms with Gasteiger partial charge in [-0.25, -0.2) is 4.98 Å². The van der Waals surface area contributed by atoms with Crippen molar-refractivity contribution in [2.45, 2.75) is 48.7 Å². The number of carbonyl (C=O) groups excluding carboxylic acids is 1. The molecule has 0 aliphatic heterocycles. The number of hydrogen-bond acceptors (Lipinski definition) is 4. The van der Waals surface area contributed by atoms with E-state index in [1.807, 2.05) is 48.5 Å². The zero-order chi connectivity index (χ0) is 18.6. The number of nitrogens with zero attached hydrogens (tertiary/aromatic N) is 1. The van der Waals surface area contributed by atoms with Crippen LogP contribution in [0.3, 0.4) is 0 Å². The molecule has 1 heterocycles. The summed E-state index contributed by atoms with van der Waals surface area (Å²) in [7, 11) is 0. The summed E-state index contributed by atoms with van der Waals surface area (Å²) in [6, 6.07) is 15.9. The quantitative estimate of drug-likeness (QED) is 0.586. The molecular formula is C21H23N3O2S. The number of H-pyrrole nitrogens is 1. The summed E-state index contributed by atoms with van der Waals surface area (Å²) in [5, 5.41) is 13.5. The minimum absolute atomic E-state index is 0.0344. The van der Waals surface area contributed by atoms with Gasteiger partial charge in [0.25, 0.3) is 5.91 Å². The molecule has 1 fully saturated rings. The standard InChI is InChI=1S/C21H23N3O2S/c25-17-11-9-16(10-12-17)22-20(26)15-7-5-14(6-8-15)13-27-21-23-18-3-1-2-4-19(18)24-21/h1-8,16-17,25H,9-13H2,(H,22,26)(H,23,24). The van der Waals surface area contributed by atoms with Crippen LogP contribution in [0.1, 0.15) is 41.6 Å². The molecule has 6 heteroatoms. The maximum atomic E-state index is 12.4. The topological polar surface area (TPSA) is 78.0 Å². The molecule has 27 heavy (non-hydrogen) atoms. The molecule has 0 unspecified atom stereocenters. The van der Waals surface area contributed by atoms with Gasteiger partial charge in [-0.2, -0.15) is 0 Å². The zero-order valence-electron chi connectivity index (χ0n) is 15.0. The largest absolute Gasteiger partial charge is 0.393 e. The number of amides is 1. The summed E-state index contributed by atoms with van der Waals surface area (Å²) >= 11 is 1.65. The van der Waals surface area contributed by atoms with Crippen LogP contribution in [0.4, 0.5) is 0 Å². The second-order valence-corrected chi connectivity index (χ2v) is 7.99. The van der Waals surface area contributed by atoms with E-state index in [2.05, 4.69) is 15.3 Å². The number of aliphatic hydroxyl groups excluding tert-OH is 1. The van der Waals surface area contributed by atoms with Crippen LogP contribution >= 0.6 is 11.8 Å². The first-order valence-electron chi connectivity index (χ1n) is 9.33. The molecule has 4 rings (SSSR count). The van der Waals surface area contributed by atoms with Crippen molar-refractivity contribution >= 4 is 28.7 Å². The molecule has 3 aromatic rings. The number of nitrogens with one attached hydrogen (secondary N) is 2. The number of aromatic amines is 1. The van der Waals surface area contributed by atoms with Gasteiger partial charge in [0.15, 0.2) is 5.16 Å². The molecule has 2 aromatic carbocycles. The average Bonchev–Trinajstić information content (AvgIpc) is 3.11. The van der Waals surface area contributed by atoms with Crippen LogP contribution in [0.2, 0.25) is 0 Å². The predicted octanol–water partition coefficient (Wildman–Crippen LogP) is 3.89. The van der Waals surface area contributed by atoms with Crippen molar-refractivity contribution in [1.29, 1.82) is 0 Å². The molecule has 5 nitrogen and oxygen atoms in total. The van der Waals surface area contributed by atoms with Crippen LogP contribution in [0.15, 0.2) is 53.7 Å². The Labute approximate surface area is 162 Å². The van der Waals surface area contributed by atoms with E-state index in [0.717, 1.165) is 53.2 Å². The fraction of sp³-hybridized carbons (Fsp3) is 0.333. The number of carbonyl (C=O) groups is 1. The number of rotatable bonds is 5. The molecule has 0 saturated heterocycles. The third-order valence-electron chi connectivity index (χ3n) is 4.99. The first-order valence-corrected chi connectivity index (χ1v) is 10.3. The Balaban J connectivity index is 1.32. The highest BCUT2D eigenvalue weighted by atomic mass is 32.2. The molecule has 1 saturated carbocycles. The molecule has 0 radical (unpaired) electrons. The van der Waals surface area contributed by atoms with Crippen LogP contribution < -0.4 is 5.32 Å². The van der Waals surface area contributed by atoms with Gasteiger partial charge in [0.05, 0.1) is 17.1 Å². The van der Waals surface area contributed by atoms with Crippen molar-refractivity contribution in [2.24, 2.45) is 0 Å². The van der Waals surface area contributed by atoms with Crippen molar-refractivity contribution in [3.05, 3.63) is 59.7 Å². The van der Waals surface area contributed by atoms with Gasteiger partial charge in [0.1, 0.15) is 0 Å². The van der Waals surface area contributed by atoms with Crippen molar-refractivity contribution in [2.75, 3.05) is 0 Å². The lowest BCUT2D eigenvalue weighted by Crippen LogP contribution is -2.38. The van der Waals surface area contributed by atoms with Crippen LogP contribution in [0.5, 0.6) is 0 Å². The molecule has 1 aromatic heterocycles. The summed E-state index contributed by atoms with van der Waals surface area (Å²) in [6.45, 7) is 0. The fourth-order valence-corrected chi connectivity index (χ4v) is 4.23. The van der Waals surface area contributed by atoms with Crippen LogP contribution in [-0.4, -0.2) is 33.1 Å². The Bertz CT molecular complexity index is 882. The summed E-state index contributed by atoms with van der Waals surface area (Å²) in [6.07, 6.45) is 3.02. The van der Waals surface area contributed by atoms with Gasteiger partial charge in [0.2, 0.25) is 0 Å². The molecular weight excluding hydrogens is 358 g/mol. The Morgan fingerprint density at radius 2 is 1.85 bits per heavy atom. The second kappa shape index (κ2) is 8.15. The molecule has 1 amide bonds. The Kier molecular flexibility index (Phi) is 5.45. The molecule has 3 N–H and O–H groups in total. The first kappa shape index (κ1) is 18.1. The van der Waals surface area contributed by atoms with Crippen molar-refractivity contribution in [3.63, 3.8) is 0 Å². The first-order chi connectivity index (χ1) is 13.2. The third kappa shape index (κ3) is 4.51. The number of fused-ring (bicyclic) bond motifs is 1. The normalized spacial score (nSPS) is 19.9. The maximum absolute atomic E-state index is 12.4. The maximum Gasteiger partial charge on any atom is 0.251 e. The van der Waals surface area contributed by atoms with Gasteiger partial charge in [-0.3, -0.25) is 4.79 Å². The minimum Gasteiger partial charge on any atom is -0.393 e. The molecule has 1 aliphatic carbocycles. The fourth-order valence-electron chi connectivity index (χ4n) is 3.39. The molecule has 0 spiro atoms. The van der Waals surface area contributed by atoms with Gasteiger partial charge in [-0.1, -0.05) is 36.0 Å². The molecule has 0 atom stereocenters. The lowest BCUT2D eigenvalue weighted by Gasteiger charge is -2.26.